The van der Waals surface area contributed by atoms with Gasteiger partial charge in [0.25, 0.3) is 0 Å². The summed E-state index contributed by atoms with van der Waals surface area (Å²) in [6, 6.07) is 0.746. The lowest BCUT2D eigenvalue weighted by molar-refractivity contribution is 0.197. The fourth-order valence-electron chi connectivity index (χ4n) is 2.22. The summed E-state index contributed by atoms with van der Waals surface area (Å²) in [6.45, 7) is 16.3. The van der Waals surface area contributed by atoms with Crippen molar-refractivity contribution in [1.82, 2.24) is 10.2 Å². The van der Waals surface area contributed by atoms with Crippen LogP contribution in [0.15, 0.2) is 0 Å². The molecule has 0 aliphatic carbocycles. The Morgan fingerprint density at radius 1 is 1.00 bits per heavy atom. The van der Waals surface area contributed by atoms with Crippen molar-refractivity contribution in [3.05, 3.63) is 0 Å². The van der Waals surface area contributed by atoms with Gasteiger partial charge in [-0.15, -0.1) is 0 Å². The Kier molecular flexibility index (Phi) is 11.0. The average Bonchev–Trinajstić information content (AvgIpc) is 2.27. The van der Waals surface area contributed by atoms with Gasteiger partial charge < -0.3 is 10.2 Å². The second kappa shape index (κ2) is 11.0. The summed E-state index contributed by atoms with van der Waals surface area (Å²) in [5, 5.41) is 3.52. The largest absolute Gasteiger partial charge is 0.316 e. The molecule has 0 rings (SSSR count). The fourth-order valence-corrected chi connectivity index (χ4v) is 2.22. The highest BCUT2D eigenvalue weighted by molar-refractivity contribution is 4.67. The first-order valence-electron chi connectivity index (χ1n) is 7.56. The van der Waals surface area contributed by atoms with Crippen LogP contribution in [0.5, 0.6) is 0 Å². The molecule has 0 amide bonds. The molecule has 1 N–H and O–H groups in total. The zero-order valence-electron chi connectivity index (χ0n) is 12.8. The molecule has 17 heavy (non-hydrogen) atoms. The van der Waals surface area contributed by atoms with Crippen molar-refractivity contribution in [3.63, 3.8) is 0 Å². The first kappa shape index (κ1) is 16.9. The van der Waals surface area contributed by atoms with Crippen molar-refractivity contribution in [2.24, 2.45) is 5.92 Å². The molecule has 0 heterocycles. The van der Waals surface area contributed by atoms with Crippen LogP contribution in [0.4, 0.5) is 0 Å². The van der Waals surface area contributed by atoms with Crippen molar-refractivity contribution in [2.45, 2.75) is 66.3 Å². The Balaban J connectivity index is 3.62. The molecule has 0 aliphatic heterocycles. The van der Waals surface area contributed by atoms with Crippen molar-refractivity contribution in [1.29, 1.82) is 0 Å². The van der Waals surface area contributed by atoms with Crippen LogP contribution in [0.3, 0.4) is 0 Å². The molecular formula is C15H34N2. The Hall–Kier alpha value is -0.0800. The van der Waals surface area contributed by atoms with Crippen molar-refractivity contribution < 1.29 is 0 Å². The maximum atomic E-state index is 3.52. The van der Waals surface area contributed by atoms with E-state index in [2.05, 4.69) is 44.8 Å². The summed E-state index contributed by atoms with van der Waals surface area (Å²) in [4.78, 5) is 2.64. The molecule has 2 nitrogen and oxygen atoms in total. The van der Waals surface area contributed by atoms with Crippen LogP contribution >= 0.6 is 0 Å². The molecule has 0 spiro atoms. The van der Waals surface area contributed by atoms with Crippen LogP contribution in [-0.4, -0.2) is 37.1 Å². The van der Waals surface area contributed by atoms with Gasteiger partial charge in [0.2, 0.25) is 0 Å². The summed E-state index contributed by atoms with van der Waals surface area (Å²) < 4.78 is 0. The number of hydrogen-bond donors (Lipinski definition) is 1. The first-order chi connectivity index (χ1) is 8.11. The molecule has 0 radical (unpaired) electrons. The van der Waals surface area contributed by atoms with E-state index in [0.29, 0.717) is 0 Å². The number of nitrogens with zero attached hydrogens (tertiary/aromatic N) is 1. The number of hydrogen-bond acceptors (Lipinski definition) is 2. The SMILES string of the molecule is CCCN(CCC)C(C)CCCNCC(C)C. The lowest BCUT2D eigenvalue weighted by atomic mass is 10.1. The zero-order chi connectivity index (χ0) is 13.1. The van der Waals surface area contributed by atoms with Crippen LogP contribution in [-0.2, 0) is 0 Å². The normalized spacial score (nSPS) is 13.6. The second-order valence-corrected chi connectivity index (χ2v) is 5.63. The van der Waals surface area contributed by atoms with Gasteiger partial charge in [-0.05, 0) is 64.7 Å². The summed E-state index contributed by atoms with van der Waals surface area (Å²) in [5.41, 5.74) is 0. The van der Waals surface area contributed by atoms with Crippen molar-refractivity contribution in [3.8, 4) is 0 Å². The van der Waals surface area contributed by atoms with E-state index in [4.69, 9.17) is 0 Å². The van der Waals surface area contributed by atoms with E-state index in [1.807, 2.05) is 0 Å². The standard InChI is InChI=1S/C15H34N2/c1-6-11-17(12-7-2)15(5)9-8-10-16-13-14(3)4/h14-16H,6-13H2,1-5H3. The van der Waals surface area contributed by atoms with Crippen molar-refractivity contribution >= 4 is 0 Å². The Morgan fingerprint density at radius 2 is 1.59 bits per heavy atom. The van der Waals surface area contributed by atoms with Gasteiger partial charge in [0.15, 0.2) is 0 Å². The summed E-state index contributed by atoms with van der Waals surface area (Å²) in [6.07, 6.45) is 5.18. The molecular weight excluding hydrogens is 208 g/mol. The molecule has 2 heteroatoms. The summed E-state index contributed by atoms with van der Waals surface area (Å²) >= 11 is 0. The monoisotopic (exact) mass is 242 g/mol. The third kappa shape index (κ3) is 9.61. The van der Waals surface area contributed by atoms with Gasteiger partial charge in [-0.25, -0.2) is 0 Å². The Morgan fingerprint density at radius 3 is 2.06 bits per heavy atom. The molecule has 0 aromatic carbocycles. The molecule has 0 bridgehead atoms. The molecule has 0 aromatic heterocycles. The summed E-state index contributed by atoms with van der Waals surface area (Å²) in [5.74, 6) is 0.768. The highest BCUT2D eigenvalue weighted by atomic mass is 15.1. The smallest absolute Gasteiger partial charge is 0.00673 e. The van der Waals surface area contributed by atoms with Gasteiger partial charge in [-0.1, -0.05) is 27.7 Å². The topological polar surface area (TPSA) is 15.3 Å². The number of nitrogens with one attached hydrogen (secondary N) is 1. The van der Waals surface area contributed by atoms with Gasteiger partial charge in [-0.3, -0.25) is 0 Å². The van der Waals surface area contributed by atoms with Gasteiger partial charge in [0, 0.05) is 6.04 Å². The van der Waals surface area contributed by atoms with Crippen LogP contribution in [0.25, 0.3) is 0 Å². The maximum absolute atomic E-state index is 3.52. The molecule has 0 aromatic rings. The molecule has 0 saturated heterocycles. The zero-order valence-corrected chi connectivity index (χ0v) is 12.8. The highest BCUT2D eigenvalue weighted by Crippen LogP contribution is 2.08. The van der Waals surface area contributed by atoms with E-state index in [1.54, 1.807) is 0 Å². The predicted octanol–water partition coefficient (Wildman–Crippen LogP) is 3.52. The maximum Gasteiger partial charge on any atom is 0.00673 e. The predicted molar refractivity (Wildman–Crippen MR) is 78.6 cm³/mol. The lowest BCUT2D eigenvalue weighted by Crippen LogP contribution is -2.35. The quantitative estimate of drug-likeness (QED) is 0.558. The van der Waals surface area contributed by atoms with E-state index in [0.717, 1.165) is 18.5 Å². The summed E-state index contributed by atoms with van der Waals surface area (Å²) in [7, 11) is 0. The fraction of sp³-hybridized carbons (Fsp3) is 1.00. The molecule has 104 valence electrons. The molecule has 0 saturated carbocycles. The highest BCUT2D eigenvalue weighted by Gasteiger charge is 2.11. The van der Waals surface area contributed by atoms with Crippen LogP contribution in [0, 0.1) is 5.92 Å². The van der Waals surface area contributed by atoms with Crippen molar-refractivity contribution in [2.75, 3.05) is 26.2 Å². The average molecular weight is 242 g/mol. The van der Waals surface area contributed by atoms with Crippen LogP contribution < -0.4 is 5.32 Å². The van der Waals surface area contributed by atoms with Gasteiger partial charge in [-0.2, -0.15) is 0 Å². The minimum atomic E-state index is 0.746. The van der Waals surface area contributed by atoms with Gasteiger partial charge >= 0.3 is 0 Å². The molecule has 0 aliphatic rings. The first-order valence-corrected chi connectivity index (χ1v) is 7.56. The lowest BCUT2D eigenvalue weighted by Gasteiger charge is -2.28. The van der Waals surface area contributed by atoms with E-state index in [-0.39, 0.29) is 0 Å². The number of rotatable bonds is 11. The van der Waals surface area contributed by atoms with E-state index >= 15 is 0 Å². The van der Waals surface area contributed by atoms with E-state index < -0.39 is 0 Å². The van der Waals surface area contributed by atoms with E-state index in [9.17, 15) is 0 Å². The molecule has 1 atom stereocenters. The van der Waals surface area contributed by atoms with Gasteiger partial charge in [0.05, 0.1) is 0 Å². The Labute approximate surface area is 109 Å². The van der Waals surface area contributed by atoms with Crippen LogP contribution in [0.1, 0.15) is 60.3 Å². The third-order valence-corrected chi connectivity index (χ3v) is 3.17. The second-order valence-electron chi connectivity index (χ2n) is 5.63. The Bertz CT molecular complexity index is 151. The minimum absolute atomic E-state index is 0.746. The van der Waals surface area contributed by atoms with Crippen LogP contribution in [0.2, 0.25) is 0 Å². The molecule has 1 unspecified atom stereocenters. The third-order valence-electron chi connectivity index (χ3n) is 3.17. The minimum Gasteiger partial charge on any atom is -0.316 e. The van der Waals surface area contributed by atoms with E-state index in [1.165, 1.54) is 45.3 Å². The molecule has 0 fully saturated rings. The van der Waals surface area contributed by atoms with Gasteiger partial charge in [0.1, 0.15) is 0 Å².